The van der Waals surface area contributed by atoms with Crippen LogP contribution in [-0.4, -0.2) is 68.8 Å². The highest BCUT2D eigenvalue weighted by atomic mass is 16.5. The minimum absolute atomic E-state index is 0.0746. The number of benzene rings is 1. The van der Waals surface area contributed by atoms with Crippen LogP contribution >= 0.6 is 0 Å². The molecule has 2 saturated heterocycles. The van der Waals surface area contributed by atoms with Crippen LogP contribution in [0.1, 0.15) is 34.9 Å². The first-order valence-corrected chi connectivity index (χ1v) is 10.7. The minimum Gasteiger partial charge on any atom is -0.497 e. The third-order valence-corrected chi connectivity index (χ3v) is 5.89. The van der Waals surface area contributed by atoms with Crippen LogP contribution < -0.4 is 15.0 Å². The number of anilines is 1. The molecule has 7 heteroatoms. The molecule has 0 saturated carbocycles. The molecule has 7 nitrogen and oxygen atoms in total. The van der Waals surface area contributed by atoms with E-state index >= 15 is 0 Å². The second-order valence-electron chi connectivity index (χ2n) is 7.74. The molecule has 0 bridgehead atoms. The van der Waals surface area contributed by atoms with E-state index in [1.165, 1.54) is 12.8 Å². The summed E-state index contributed by atoms with van der Waals surface area (Å²) in [5.41, 5.74) is 2.69. The Labute approximate surface area is 178 Å². The van der Waals surface area contributed by atoms with Crippen LogP contribution in [0, 0.1) is 0 Å². The van der Waals surface area contributed by atoms with Crippen molar-refractivity contribution in [2.45, 2.75) is 18.9 Å². The Hall–Kier alpha value is -2.64. The number of ether oxygens (including phenoxy) is 2. The number of methoxy groups -OCH3 is 1. The molecule has 3 heterocycles. The Morgan fingerprint density at radius 1 is 1.13 bits per heavy atom. The fourth-order valence-corrected chi connectivity index (χ4v) is 4.17. The summed E-state index contributed by atoms with van der Waals surface area (Å²) >= 11 is 0. The zero-order valence-corrected chi connectivity index (χ0v) is 17.5. The van der Waals surface area contributed by atoms with Gasteiger partial charge in [-0.25, -0.2) is 0 Å². The maximum Gasteiger partial charge on any atom is 0.270 e. The summed E-state index contributed by atoms with van der Waals surface area (Å²) in [5, 5.41) is 3.11. The van der Waals surface area contributed by atoms with Crippen LogP contribution in [-0.2, 0) is 4.74 Å². The van der Waals surface area contributed by atoms with Crippen molar-refractivity contribution in [1.29, 1.82) is 0 Å². The van der Waals surface area contributed by atoms with Gasteiger partial charge in [-0.15, -0.1) is 0 Å². The van der Waals surface area contributed by atoms with Crippen LogP contribution in [0.2, 0.25) is 0 Å². The van der Waals surface area contributed by atoms with Gasteiger partial charge in [0.25, 0.3) is 5.91 Å². The number of rotatable bonds is 7. The molecule has 1 aromatic carbocycles. The van der Waals surface area contributed by atoms with Gasteiger partial charge in [-0.3, -0.25) is 14.7 Å². The van der Waals surface area contributed by atoms with Crippen molar-refractivity contribution in [2.24, 2.45) is 0 Å². The first-order chi connectivity index (χ1) is 14.7. The standard InChI is InChI=1S/C23H30N4O3/c1-29-20-6-4-18(5-7-20)22(27-12-14-30-15-13-27)17-25-23(28)21-16-19(8-9-24-21)26-10-2-3-11-26/h4-9,16,22H,2-3,10-15,17H2,1H3,(H,25,28). The predicted molar refractivity (Wildman–Crippen MR) is 116 cm³/mol. The van der Waals surface area contributed by atoms with Crippen molar-refractivity contribution in [2.75, 3.05) is 57.9 Å². The Balaban J connectivity index is 1.46. The van der Waals surface area contributed by atoms with E-state index < -0.39 is 0 Å². The average molecular weight is 411 g/mol. The molecule has 0 radical (unpaired) electrons. The molecular weight excluding hydrogens is 380 g/mol. The zero-order valence-electron chi connectivity index (χ0n) is 17.5. The van der Waals surface area contributed by atoms with E-state index in [9.17, 15) is 4.79 Å². The molecule has 1 N–H and O–H groups in total. The molecular formula is C23H30N4O3. The molecule has 1 aromatic heterocycles. The summed E-state index contributed by atoms with van der Waals surface area (Å²) < 4.78 is 10.8. The molecule has 160 valence electrons. The Morgan fingerprint density at radius 3 is 2.57 bits per heavy atom. The number of nitrogens with zero attached hydrogens (tertiary/aromatic N) is 3. The number of amides is 1. The van der Waals surface area contributed by atoms with Crippen molar-refractivity contribution < 1.29 is 14.3 Å². The predicted octanol–water partition coefficient (Wildman–Crippen LogP) is 2.49. The van der Waals surface area contributed by atoms with E-state index in [0.29, 0.717) is 25.5 Å². The van der Waals surface area contributed by atoms with Gasteiger partial charge in [-0.1, -0.05) is 12.1 Å². The van der Waals surface area contributed by atoms with E-state index in [4.69, 9.17) is 9.47 Å². The van der Waals surface area contributed by atoms with Crippen molar-refractivity contribution in [3.05, 3.63) is 53.9 Å². The molecule has 0 spiro atoms. The van der Waals surface area contributed by atoms with Gasteiger partial charge < -0.3 is 19.7 Å². The summed E-state index contributed by atoms with van der Waals surface area (Å²) in [7, 11) is 1.66. The fourth-order valence-electron chi connectivity index (χ4n) is 4.17. The first kappa shape index (κ1) is 20.6. The summed E-state index contributed by atoms with van der Waals surface area (Å²) in [4.78, 5) is 21.9. The van der Waals surface area contributed by atoms with Crippen LogP contribution in [0.15, 0.2) is 42.6 Å². The molecule has 2 aromatic rings. The molecule has 0 aliphatic carbocycles. The van der Waals surface area contributed by atoms with Crippen molar-refractivity contribution in [3.8, 4) is 5.75 Å². The first-order valence-electron chi connectivity index (χ1n) is 10.7. The lowest BCUT2D eigenvalue weighted by Crippen LogP contribution is -2.44. The number of nitrogens with one attached hydrogen (secondary N) is 1. The zero-order chi connectivity index (χ0) is 20.8. The maximum atomic E-state index is 12.9. The molecule has 1 amide bonds. The number of hydrogen-bond acceptors (Lipinski definition) is 6. The highest BCUT2D eigenvalue weighted by Crippen LogP contribution is 2.24. The SMILES string of the molecule is COc1ccc(C(CNC(=O)c2cc(N3CCCC3)ccn2)N2CCOCC2)cc1. The highest BCUT2D eigenvalue weighted by molar-refractivity contribution is 5.93. The largest absolute Gasteiger partial charge is 0.497 e. The lowest BCUT2D eigenvalue weighted by atomic mass is 10.0. The van der Waals surface area contributed by atoms with Gasteiger partial charge in [0.05, 0.1) is 26.4 Å². The lowest BCUT2D eigenvalue weighted by molar-refractivity contribution is 0.0162. The van der Waals surface area contributed by atoms with Gasteiger partial charge in [0.1, 0.15) is 11.4 Å². The fraction of sp³-hybridized carbons (Fsp3) is 0.478. The van der Waals surface area contributed by atoms with Crippen LogP contribution in [0.3, 0.4) is 0 Å². The molecule has 30 heavy (non-hydrogen) atoms. The molecule has 2 aliphatic rings. The quantitative estimate of drug-likeness (QED) is 0.757. The number of pyridine rings is 1. The third-order valence-electron chi connectivity index (χ3n) is 5.89. The number of aromatic nitrogens is 1. The van der Waals surface area contributed by atoms with Crippen LogP contribution in [0.5, 0.6) is 5.75 Å². The summed E-state index contributed by atoms with van der Waals surface area (Å²) in [6.45, 7) is 5.70. The number of carbonyl (C=O) groups is 1. The average Bonchev–Trinajstić information content (AvgIpc) is 3.35. The number of hydrogen-bond donors (Lipinski definition) is 1. The van der Waals surface area contributed by atoms with Crippen LogP contribution in [0.4, 0.5) is 5.69 Å². The molecule has 4 rings (SSSR count). The lowest BCUT2D eigenvalue weighted by Gasteiger charge is -2.35. The van der Waals surface area contributed by atoms with Crippen LogP contribution in [0.25, 0.3) is 0 Å². The van der Waals surface area contributed by atoms with Crippen molar-refractivity contribution in [1.82, 2.24) is 15.2 Å². The molecule has 1 atom stereocenters. The molecule has 2 fully saturated rings. The van der Waals surface area contributed by atoms with Gasteiger partial charge in [-0.2, -0.15) is 0 Å². The van der Waals surface area contributed by atoms with E-state index in [1.807, 2.05) is 24.3 Å². The summed E-state index contributed by atoms with van der Waals surface area (Å²) in [6, 6.07) is 12.0. The van der Waals surface area contributed by atoms with E-state index in [2.05, 4.69) is 32.2 Å². The Bertz CT molecular complexity index is 831. The minimum atomic E-state index is -0.136. The van der Waals surface area contributed by atoms with Gasteiger partial charge in [-0.05, 0) is 42.7 Å². The topological polar surface area (TPSA) is 66.9 Å². The van der Waals surface area contributed by atoms with Gasteiger partial charge in [0, 0.05) is 44.6 Å². The number of morpholine rings is 1. The highest BCUT2D eigenvalue weighted by Gasteiger charge is 2.24. The van der Waals surface area contributed by atoms with E-state index in [0.717, 1.165) is 43.2 Å². The van der Waals surface area contributed by atoms with E-state index in [1.54, 1.807) is 13.3 Å². The Kier molecular flexibility index (Phi) is 6.81. The van der Waals surface area contributed by atoms with Gasteiger partial charge >= 0.3 is 0 Å². The smallest absolute Gasteiger partial charge is 0.270 e. The van der Waals surface area contributed by atoms with Gasteiger partial charge in [0.15, 0.2) is 0 Å². The molecule has 2 aliphatic heterocycles. The Morgan fingerprint density at radius 2 is 1.87 bits per heavy atom. The summed E-state index contributed by atoms with van der Waals surface area (Å²) in [6.07, 6.45) is 4.13. The second kappa shape index (κ2) is 9.91. The maximum absolute atomic E-state index is 12.9. The number of carbonyl (C=O) groups excluding carboxylic acids is 1. The monoisotopic (exact) mass is 410 g/mol. The molecule has 1 unspecified atom stereocenters. The van der Waals surface area contributed by atoms with E-state index in [-0.39, 0.29) is 11.9 Å². The van der Waals surface area contributed by atoms with Crippen molar-refractivity contribution in [3.63, 3.8) is 0 Å². The normalized spacial score (nSPS) is 18.2. The van der Waals surface area contributed by atoms with Crippen molar-refractivity contribution >= 4 is 11.6 Å². The summed E-state index contributed by atoms with van der Waals surface area (Å²) in [5.74, 6) is 0.689. The third kappa shape index (κ3) is 4.91. The second-order valence-corrected chi connectivity index (χ2v) is 7.74. The van der Waals surface area contributed by atoms with Gasteiger partial charge in [0.2, 0.25) is 0 Å².